The molecule has 0 spiro atoms. The minimum absolute atomic E-state index is 0.0827. The number of nitrogens with one attached hydrogen (secondary N) is 2. The van der Waals surface area contributed by atoms with Gasteiger partial charge in [0.2, 0.25) is 0 Å². The average Bonchev–Trinajstić information content (AvgIpc) is 2.94. The van der Waals surface area contributed by atoms with E-state index in [-0.39, 0.29) is 12.6 Å². The van der Waals surface area contributed by atoms with Crippen LogP contribution < -0.4 is 15.5 Å². The predicted octanol–water partition coefficient (Wildman–Crippen LogP) is 1.82. The van der Waals surface area contributed by atoms with Crippen molar-refractivity contribution < 1.29 is 9.90 Å². The highest BCUT2D eigenvalue weighted by Crippen LogP contribution is 2.22. The third-order valence-electron chi connectivity index (χ3n) is 3.89. The van der Waals surface area contributed by atoms with Crippen molar-refractivity contribution in [2.45, 2.75) is 19.4 Å². The van der Waals surface area contributed by atoms with Gasteiger partial charge in [-0.25, -0.2) is 4.79 Å². The second-order valence-electron chi connectivity index (χ2n) is 6.38. The summed E-state index contributed by atoms with van der Waals surface area (Å²) in [7, 11) is 5.71. The lowest BCUT2D eigenvalue weighted by Crippen LogP contribution is -2.40. The van der Waals surface area contributed by atoms with Crippen LogP contribution >= 0.6 is 0 Å². The van der Waals surface area contributed by atoms with Crippen molar-refractivity contribution in [2.24, 2.45) is 7.05 Å². The van der Waals surface area contributed by atoms with Gasteiger partial charge in [0, 0.05) is 44.3 Å². The summed E-state index contributed by atoms with van der Waals surface area (Å²) in [6.07, 6.45) is 3.31. The molecule has 24 heavy (non-hydrogen) atoms. The van der Waals surface area contributed by atoms with Crippen LogP contribution in [0, 0.1) is 6.92 Å². The van der Waals surface area contributed by atoms with Gasteiger partial charge in [0.15, 0.2) is 0 Å². The van der Waals surface area contributed by atoms with Gasteiger partial charge >= 0.3 is 6.03 Å². The summed E-state index contributed by atoms with van der Waals surface area (Å²) in [6, 6.07) is 5.44. The maximum Gasteiger partial charge on any atom is 0.319 e. The van der Waals surface area contributed by atoms with E-state index in [0.717, 1.165) is 16.9 Å². The summed E-state index contributed by atoms with van der Waals surface area (Å²) < 4.78 is 1.61. The number of anilines is 2. The maximum absolute atomic E-state index is 12.1. The Balaban J connectivity index is 1.96. The number of carbonyl (C=O) groups is 1. The SMILES string of the molecule is Cc1cc(N(C)C)ccc1NC(=O)NCC(C)(O)c1cnn(C)c1. The van der Waals surface area contributed by atoms with Gasteiger partial charge in [-0.1, -0.05) is 0 Å². The molecule has 0 aliphatic rings. The third kappa shape index (κ3) is 4.26. The number of urea groups is 1. The summed E-state index contributed by atoms with van der Waals surface area (Å²) >= 11 is 0. The molecule has 0 fully saturated rings. The maximum atomic E-state index is 12.1. The molecule has 7 heteroatoms. The van der Waals surface area contributed by atoms with Crippen LogP contribution in [0.4, 0.5) is 16.2 Å². The number of benzene rings is 1. The Hall–Kier alpha value is -2.54. The van der Waals surface area contributed by atoms with E-state index in [0.29, 0.717) is 5.56 Å². The molecule has 0 bridgehead atoms. The molecule has 2 aromatic rings. The van der Waals surface area contributed by atoms with Crippen LogP contribution in [0.15, 0.2) is 30.6 Å². The molecule has 0 aliphatic heterocycles. The molecule has 0 aliphatic carbocycles. The average molecular weight is 331 g/mol. The summed E-state index contributed by atoms with van der Waals surface area (Å²) in [6.45, 7) is 3.66. The number of nitrogens with zero attached hydrogens (tertiary/aromatic N) is 3. The van der Waals surface area contributed by atoms with E-state index in [4.69, 9.17) is 0 Å². The molecule has 0 saturated carbocycles. The molecule has 3 N–H and O–H groups in total. The van der Waals surface area contributed by atoms with Crippen LogP contribution in [0.1, 0.15) is 18.1 Å². The highest BCUT2D eigenvalue weighted by atomic mass is 16.3. The van der Waals surface area contributed by atoms with Crippen molar-refractivity contribution in [3.63, 3.8) is 0 Å². The minimum atomic E-state index is -1.19. The largest absolute Gasteiger partial charge is 0.383 e. The fraction of sp³-hybridized carbons (Fsp3) is 0.412. The third-order valence-corrected chi connectivity index (χ3v) is 3.89. The Morgan fingerprint density at radius 3 is 2.67 bits per heavy atom. The van der Waals surface area contributed by atoms with Crippen molar-refractivity contribution in [1.29, 1.82) is 0 Å². The number of aliphatic hydroxyl groups is 1. The lowest BCUT2D eigenvalue weighted by Gasteiger charge is -2.22. The van der Waals surface area contributed by atoms with Crippen molar-refractivity contribution >= 4 is 17.4 Å². The first-order valence-electron chi connectivity index (χ1n) is 7.73. The molecule has 1 unspecified atom stereocenters. The number of hydrogen-bond acceptors (Lipinski definition) is 4. The number of aromatic nitrogens is 2. The number of rotatable bonds is 5. The Labute approximate surface area is 142 Å². The zero-order valence-corrected chi connectivity index (χ0v) is 14.8. The Morgan fingerprint density at radius 2 is 2.12 bits per heavy atom. The number of carbonyl (C=O) groups excluding carboxylic acids is 1. The van der Waals surface area contributed by atoms with E-state index >= 15 is 0 Å². The quantitative estimate of drug-likeness (QED) is 0.780. The van der Waals surface area contributed by atoms with Gasteiger partial charge in [0.1, 0.15) is 5.60 Å². The fourth-order valence-corrected chi connectivity index (χ4v) is 2.29. The first-order valence-corrected chi connectivity index (χ1v) is 7.73. The molecule has 2 amide bonds. The van der Waals surface area contributed by atoms with Gasteiger partial charge in [-0.05, 0) is 37.6 Å². The topological polar surface area (TPSA) is 82.4 Å². The van der Waals surface area contributed by atoms with E-state index < -0.39 is 5.60 Å². The number of hydrogen-bond donors (Lipinski definition) is 3. The summed E-state index contributed by atoms with van der Waals surface area (Å²) in [4.78, 5) is 14.1. The van der Waals surface area contributed by atoms with Gasteiger partial charge in [0.25, 0.3) is 0 Å². The van der Waals surface area contributed by atoms with Crippen molar-refractivity contribution in [1.82, 2.24) is 15.1 Å². The van der Waals surface area contributed by atoms with Crippen LogP contribution in [-0.4, -0.2) is 41.6 Å². The molecule has 0 saturated heterocycles. The zero-order valence-electron chi connectivity index (χ0n) is 14.8. The molecule has 1 aromatic carbocycles. The van der Waals surface area contributed by atoms with Gasteiger partial charge < -0.3 is 20.6 Å². The molecule has 1 aromatic heterocycles. The second-order valence-corrected chi connectivity index (χ2v) is 6.38. The Bertz CT molecular complexity index is 722. The normalized spacial score (nSPS) is 13.2. The van der Waals surface area contributed by atoms with Crippen LogP contribution in [0.2, 0.25) is 0 Å². The van der Waals surface area contributed by atoms with Crippen LogP contribution in [0.5, 0.6) is 0 Å². The summed E-state index contributed by atoms with van der Waals surface area (Å²) in [5, 5.41) is 20.0. The van der Waals surface area contributed by atoms with Crippen molar-refractivity contribution in [2.75, 3.05) is 30.9 Å². The first kappa shape index (κ1) is 17.8. The lowest BCUT2D eigenvalue weighted by molar-refractivity contribution is 0.0599. The van der Waals surface area contributed by atoms with Crippen LogP contribution in [0.3, 0.4) is 0 Å². The lowest BCUT2D eigenvalue weighted by atomic mass is 10.00. The van der Waals surface area contributed by atoms with Crippen LogP contribution in [0.25, 0.3) is 0 Å². The fourth-order valence-electron chi connectivity index (χ4n) is 2.29. The van der Waals surface area contributed by atoms with E-state index in [1.54, 1.807) is 31.0 Å². The molecule has 1 atom stereocenters. The van der Waals surface area contributed by atoms with Crippen molar-refractivity contribution in [3.8, 4) is 0 Å². The molecular formula is C17H25N5O2. The van der Waals surface area contributed by atoms with E-state index in [1.165, 1.54) is 0 Å². The molecule has 1 heterocycles. The zero-order chi connectivity index (χ0) is 17.9. The first-order chi connectivity index (χ1) is 11.2. The highest BCUT2D eigenvalue weighted by molar-refractivity contribution is 5.90. The Kier molecular flexibility index (Phi) is 5.14. The van der Waals surface area contributed by atoms with Gasteiger partial charge in [-0.15, -0.1) is 0 Å². The Morgan fingerprint density at radius 1 is 1.42 bits per heavy atom. The molecule has 2 rings (SSSR count). The van der Waals surface area contributed by atoms with Crippen LogP contribution in [-0.2, 0) is 12.6 Å². The van der Waals surface area contributed by atoms with E-state index in [1.807, 2.05) is 44.1 Å². The second kappa shape index (κ2) is 6.92. The summed E-state index contributed by atoms with van der Waals surface area (Å²) in [5.41, 5.74) is 2.24. The number of aryl methyl sites for hydroxylation is 2. The van der Waals surface area contributed by atoms with Gasteiger partial charge in [-0.2, -0.15) is 5.10 Å². The molecule has 130 valence electrons. The van der Waals surface area contributed by atoms with E-state index in [9.17, 15) is 9.90 Å². The smallest absolute Gasteiger partial charge is 0.319 e. The van der Waals surface area contributed by atoms with Gasteiger partial charge in [0.05, 0.1) is 12.7 Å². The van der Waals surface area contributed by atoms with E-state index in [2.05, 4.69) is 15.7 Å². The minimum Gasteiger partial charge on any atom is -0.383 e. The molecular weight excluding hydrogens is 306 g/mol. The summed E-state index contributed by atoms with van der Waals surface area (Å²) in [5.74, 6) is 0. The van der Waals surface area contributed by atoms with Gasteiger partial charge in [-0.3, -0.25) is 4.68 Å². The molecule has 7 nitrogen and oxygen atoms in total. The predicted molar refractivity (Wildman–Crippen MR) is 95.3 cm³/mol. The highest BCUT2D eigenvalue weighted by Gasteiger charge is 2.25. The number of amides is 2. The monoisotopic (exact) mass is 331 g/mol. The standard InChI is InChI=1S/C17H25N5O2/c1-12-8-14(21(3)4)6-7-15(12)20-16(23)18-11-17(2,24)13-9-19-22(5)10-13/h6-10,24H,11H2,1-5H3,(H2,18,20,23). The molecule has 0 radical (unpaired) electrons. The van der Waals surface area contributed by atoms with Crippen molar-refractivity contribution in [3.05, 3.63) is 41.7 Å².